The van der Waals surface area contributed by atoms with Gasteiger partial charge >= 0.3 is 0 Å². The third-order valence-corrected chi connectivity index (χ3v) is 6.89. The Kier molecular flexibility index (Phi) is 6.71. The first kappa shape index (κ1) is 23.6. The molecule has 1 heterocycles. The van der Waals surface area contributed by atoms with Gasteiger partial charge in [0.1, 0.15) is 0 Å². The zero-order chi connectivity index (χ0) is 25.1. The van der Waals surface area contributed by atoms with E-state index in [1.807, 2.05) is 78.9 Å². The molecule has 0 saturated heterocycles. The maximum absolute atomic E-state index is 13.5. The standard InChI is InChI=1S/C29H19ClN2O3S/c30-23-8-6-20(7-9-23)18-22-19-28(21-4-2-1-3-5-21)31(29(22)33)24-10-14-26(15-11-24)36-27-16-12-25(13-17-27)32(34)35/h1-19H/b22-18+. The van der Waals surface area contributed by atoms with Crippen LogP contribution >= 0.6 is 23.4 Å². The summed E-state index contributed by atoms with van der Waals surface area (Å²) >= 11 is 7.51. The van der Waals surface area contributed by atoms with E-state index in [0.717, 1.165) is 32.3 Å². The number of carbonyl (C=O) groups excluding carboxylic acids is 1. The fourth-order valence-corrected chi connectivity index (χ4v) is 4.81. The summed E-state index contributed by atoms with van der Waals surface area (Å²) in [5.74, 6) is -0.112. The van der Waals surface area contributed by atoms with Crippen LogP contribution in [0.4, 0.5) is 11.4 Å². The van der Waals surface area contributed by atoms with Crippen molar-refractivity contribution >= 4 is 52.4 Å². The van der Waals surface area contributed by atoms with E-state index in [1.54, 1.807) is 29.2 Å². The summed E-state index contributed by atoms with van der Waals surface area (Å²) in [6.07, 6.45) is 3.77. The molecule has 0 spiro atoms. The van der Waals surface area contributed by atoms with Crippen molar-refractivity contribution in [3.63, 3.8) is 0 Å². The van der Waals surface area contributed by atoms with Crippen LogP contribution in [0.25, 0.3) is 11.8 Å². The van der Waals surface area contributed by atoms with Crippen molar-refractivity contribution in [3.8, 4) is 0 Å². The number of nitro benzene ring substituents is 1. The van der Waals surface area contributed by atoms with Crippen LogP contribution in [0.5, 0.6) is 0 Å². The van der Waals surface area contributed by atoms with Gasteiger partial charge in [-0.25, -0.2) is 0 Å². The Bertz CT molecular complexity index is 1480. The van der Waals surface area contributed by atoms with Crippen molar-refractivity contribution < 1.29 is 9.72 Å². The molecule has 0 N–H and O–H groups in total. The molecule has 0 atom stereocenters. The maximum atomic E-state index is 13.5. The van der Waals surface area contributed by atoms with E-state index in [-0.39, 0.29) is 11.6 Å². The fourth-order valence-electron chi connectivity index (χ4n) is 3.87. The van der Waals surface area contributed by atoms with Crippen molar-refractivity contribution in [1.82, 2.24) is 0 Å². The van der Waals surface area contributed by atoms with E-state index in [2.05, 4.69) is 0 Å². The molecular formula is C29H19ClN2O3S. The number of benzene rings is 4. The average molecular weight is 511 g/mol. The largest absolute Gasteiger partial charge is 0.276 e. The normalized spacial score (nSPS) is 14.2. The molecule has 0 saturated carbocycles. The molecule has 0 bridgehead atoms. The molecule has 1 aliphatic heterocycles. The molecule has 176 valence electrons. The molecule has 7 heteroatoms. The highest BCUT2D eigenvalue weighted by Crippen LogP contribution is 2.37. The lowest BCUT2D eigenvalue weighted by Crippen LogP contribution is -2.24. The van der Waals surface area contributed by atoms with E-state index in [1.165, 1.54) is 23.9 Å². The van der Waals surface area contributed by atoms with E-state index in [0.29, 0.717) is 10.6 Å². The highest BCUT2D eigenvalue weighted by atomic mass is 35.5. The number of nitro groups is 1. The number of rotatable bonds is 6. The average Bonchev–Trinajstić information content (AvgIpc) is 3.22. The van der Waals surface area contributed by atoms with Gasteiger partial charge in [-0.3, -0.25) is 19.8 Å². The molecule has 0 aliphatic carbocycles. The number of nitrogens with zero attached hydrogens (tertiary/aromatic N) is 2. The molecular weight excluding hydrogens is 492 g/mol. The van der Waals surface area contributed by atoms with Crippen LogP contribution < -0.4 is 4.90 Å². The van der Waals surface area contributed by atoms with Crippen molar-refractivity contribution in [2.75, 3.05) is 4.90 Å². The molecule has 1 amide bonds. The summed E-state index contributed by atoms with van der Waals surface area (Å²) in [7, 11) is 0. The molecule has 0 fully saturated rings. The number of halogens is 1. The minimum absolute atomic E-state index is 0.0601. The molecule has 5 rings (SSSR count). The number of anilines is 1. The van der Waals surface area contributed by atoms with Crippen LogP contribution in [0.15, 0.2) is 125 Å². The Labute approximate surface area is 217 Å². The number of non-ortho nitro benzene ring substituents is 1. The molecule has 4 aromatic carbocycles. The molecule has 4 aromatic rings. The first-order valence-electron chi connectivity index (χ1n) is 11.1. The van der Waals surface area contributed by atoms with Crippen LogP contribution in [-0.4, -0.2) is 10.8 Å². The smallest absolute Gasteiger partial charge is 0.269 e. The highest BCUT2D eigenvalue weighted by molar-refractivity contribution is 7.99. The van der Waals surface area contributed by atoms with Gasteiger partial charge in [0, 0.05) is 38.2 Å². The molecule has 0 unspecified atom stereocenters. The first-order valence-corrected chi connectivity index (χ1v) is 12.3. The lowest BCUT2D eigenvalue weighted by atomic mass is 10.1. The van der Waals surface area contributed by atoms with Crippen molar-refractivity contribution in [1.29, 1.82) is 0 Å². The SMILES string of the molecule is O=C1/C(=C/c2ccc(Cl)cc2)C=C(c2ccccc2)N1c1ccc(Sc2ccc([N+](=O)[O-])cc2)cc1. The summed E-state index contributed by atoms with van der Waals surface area (Å²) in [6.45, 7) is 0. The molecule has 1 aliphatic rings. The van der Waals surface area contributed by atoms with Crippen LogP contribution in [-0.2, 0) is 4.79 Å². The number of carbonyl (C=O) groups is 1. The minimum atomic E-state index is -0.413. The topological polar surface area (TPSA) is 63.5 Å². The summed E-state index contributed by atoms with van der Waals surface area (Å²) in [5.41, 5.74) is 4.03. The Balaban J connectivity index is 1.44. The summed E-state index contributed by atoms with van der Waals surface area (Å²) in [5, 5.41) is 11.5. The van der Waals surface area contributed by atoms with Crippen LogP contribution in [0.3, 0.4) is 0 Å². The number of hydrogen-bond acceptors (Lipinski definition) is 4. The van der Waals surface area contributed by atoms with Crippen molar-refractivity contribution in [3.05, 3.63) is 141 Å². The van der Waals surface area contributed by atoms with Crippen molar-refractivity contribution in [2.45, 2.75) is 9.79 Å². The predicted octanol–water partition coefficient (Wildman–Crippen LogP) is 7.87. The van der Waals surface area contributed by atoms with Gasteiger partial charge in [0.05, 0.1) is 10.6 Å². The third kappa shape index (κ3) is 5.10. The maximum Gasteiger partial charge on any atom is 0.269 e. The van der Waals surface area contributed by atoms with Gasteiger partial charge in [-0.15, -0.1) is 0 Å². The number of hydrogen-bond donors (Lipinski definition) is 0. The zero-order valence-electron chi connectivity index (χ0n) is 18.9. The van der Waals surface area contributed by atoms with Gasteiger partial charge in [0.25, 0.3) is 11.6 Å². The second kappa shape index (κ2) is 10.2. The van der Waals surface area contributed by atoms with Crippen LogP contribution in [0.1, 0.15) is 11.1 Å². The molecule has 0 aromatic heterocycles. The van der Waals surface area contributed by atoms with E-state index in [9.17, 15) is 14.9 Å². The highest BCUT2D eigenvalue weighted by Gasteiger charge is 2.30. The minimum Gasteiger partial charge on any atom is -0.276 e. The summed E-state index contributed by atoms with van der Waals surface area (Å²) in [6, 6.07) is 31.3. The molecule has 0 radical (unpaired) electrons. The molecule has 36 heavy (non-hydrogen) atoms. The van der Waals surface area contributed by atoms with Gasteiger partial charge in [0.2, 0.25) is 0 Å². The quantitative estimate of drug-likeness (QED) is 0.150. The lowest BCUT2D eigenvalue weighted by Gasteiger charge is -2.21. The predicted molar refractivity (Wildman–Crippen MR) is 145 cm³/mol. The second-order valence-electron chi connectivity index (χ2n) is 8.03. The Morgan fingerprint density at radius 1 is 0.806 bits per heavy atom. The summed E-state index contributed by atoms with van der Waals surface area (Å²) < 4.78 is 0. The van der Waals surface area contributed by atoms with Crippen LogP contribution in [0.2, 0.25) is 5.02 Å². The van der Waals surface area contributed by atoms with Gasteiger partial charge < -0.3 is 0 Å². The van der Waals surface area contributed by atoms with Gasteiger partial charge in [-0.1, -0.05) is 65.8 Å². The van der Waals surface area contributed by atoms with E-state index in [4.69, 9.17) is 11.6 Å². The molecule has 5 nitrogen and oxygen atoms in total. The Morgan fingerprint density at radius 3 is 2.03 bits per heavy atom. The van der Waals surface area contributed by atoms with Gasteiger partial charge in [-0.2, -0.15) is 0 Å². The first-order chi connectivity index (χ1) is 17.5. The van der Waals surface area contributed by atoms with E-state index < -0.39 is 4.92 Å². The van der Waals surface area contributed by atoms with Crippen molar-refractivity contribution in [2.24, 2.45) is 0 Å². The summed E-state index contributed by atoms with van der Waals surface area (Å²) in [4.78, 5) is 27.6. The second-order valence-corrected chi connectivity index (χ2v) is 9.62. The van der Waals surface area contributed by atoms with E-state index >= 15 is 0 Å². The third-order valence-electron chi connectivity index (χ3n) is 5.62. The van der Waals surface area contributed by atoms with Crippen LogP contribution in [0, 0.1) is 10.1 Å². The van der Waals surface area contributed by atoms with Gasteiger partial charge in [-0.05, 0) is 71.8 Å². The Hall–Kier alpha value is -4.13. The lowest BCUT2D eigenvalue weighted by molar-refractivity contribution is -0.384. The fraction of sp³-hybridized carbons (Fsp3) is 0. The number of amides is 1. The Morgan fingerprint density at radius 2 is 1.42 bits per heavy atom. The zero-order valence-corrected chi connectivity index (χ0v) is 20.4. The monoisotopic (exact) mass is 510 g/mol. The van der Waals surface area contributed by atoms with Gasteiger partial charge in [0.15, 0.2) is 0 Å².